The molecule has 3 heteroatoms. The minimum Gasteiger partial charge on any atom is -0.457 e. The first-order valence-corrected chi connectivity index (χ1v) is 8.34. The molecule has 1 saturated carbocycles. The van der Waals surface area contributed by atoms with E-state index >= 15 is 0 Å². The maximum Gasteiger partial charge on any atom is 0.148 e. The molecule has 3 rings (SSSR count). The van der Waals surface area contributed by atoms with Crippen LogP contribution >= 0.6 is 15.9 Å². The first-order valence-electron chi connectivity index (χ1n) is 7.55. The topological polar surface area (TPSA) is 33.4 Å². The van der Waals surface area contributed by atoms with Crippen LogP contribution in [0.25, 0.3) is 11.0 Å². The number of furan rings is 1. The van der Waals surface area contributed by atoms with Crippen LogP contribution in [0.5, 0.6) is 0 Å². The van der Waals surface area contributed by atoms with Crippen LogP contribution in [0.4, 0.5) is 0 Å². The Kier molecular flexibility index (Phi) is 4.18. The van der Waals surface area contributed by atoms with E-state index in [1.807, 2.05) is 24.3 Å². The minimum absolute atomic E-state index is 0.341. The van der Waals surface area contributed by atoms with Crippen LogP contribution in [0.15, 0.2) is 33.2 Å². The molecule has 1 aromatic carbocycles. The van der Waals surface area contributed by atoms with Crippen LogP contribution in [0.1, 0.15) is 50.9 Å². The highest BCUT2D eigenvalue weighted by molar-refractivity contribution is 9.10. The zero-order valence-electron chi connectivity index (χ0n) is 11.8. The normalized spacial score (nSPS) is 24.9. The molecule has 0 aliphatic heterocycles. The Balaban J connectivity index is 1.84. The molecular weight excluding hydrogens is 316 g/mol. The van der Waals surface area contributed by atoms with E-state index in [1.165, 1.54) is 19.3 Å². The first kappa shape index (κ1) is 14.2. The van der Waals surface area contributed by atoms with Crippen LogP contribution in [0.3, 0.4) is 0 Å². The summed E-state index contributed by atoms with van der Waals surface area (Å²) < 4.78 is 6.83. The van der Waals surface area contributed by atoms with Gasteiger partial charge in [-0.05, 0) is 52.7 Å². The predicted molar refractivity (Wildman–Crippen MR) is 84.6 cm³/mol. The Labute approximate surface area is 128 Å². The summed E-state index contributed by atoms with van der Waals surface area (Å²) in [5.74, 6) is 1.82. The third-order valence-electron chi connectivity index (χ3n) is 4.65. The van der Waals surface area contributed by atoms with Gasteiger partial charge in [-0.3, -0.25) is 0 Å². The maximum atomic E-state index is 10.6. The lowest BCUT2D eigenvalue weighted by molar-refractivity contribution is 0.0519. The molecule has 1 fully saturated rings. The lowest BCUT2D eigenvalue weighted by Gasteiger charge is -2.30. The second kappa shape index (κ2) is 5.90. The highest BCUT2D eigenvalue weighted by Crippen LogP contribution is 2.40. The number of hydrogen-bond donors (Lipinski definition) is 1. The van der Waals surface area contributed by atoms with Gasteiger partial charge in [0.1, 0.15) is 17.4 Å². The second-order valence-electron chi connectivity index (χ2n) is 5.95. The smallest absolute Gasteiger partial charge is 0.148 e. The summed E-state index contributed by atoms with van der Waals surface area (Å²) in [6.45, 7) is 2.25. The molecule has 1 aliphatic carbocycles. The van der Waals surface area contributed by atoms with Gasteiger partial charge in [0.05, 0.1) is 4.47 Å². The van der Waals surface area contributed by atoms with Gasteiger partial charge in [0, 0.05) is 5.39 Å². The van der Waals surface area contributed by atoms with Gasteiger partial charge in [0.15, 0.2) is 0 Å². The Morgan fingerprint density at radius 2 is 2.25 bits per heavy atom. The van der Waals surface area contributed by atoms with Crippen molar-refractivity contribution in [1.82, 2.24) is 0 Å². The summed E-state index contributed by atoms with van der Waals surface area (Å²) in [7, 11) is 0. The van der Waals surface area contributed by atoms with Crippen molar-refractivity contribution in [3.63, 3.8) is 0 Å². The number of aliphatic hydroxyl groups is 1. The number of hydrogen-bond acceptors (Lipinski definition) is 2. The Morgan fingerprint density at radius 3 is 3.00 bits per heavy atom. The van der Waals surface area contributed by atoms with E-state index in [1.54, 1.807) is 0 Å². The average molecular weight is 337 g/mol. The summed E-state index contributed by atoms with van der Waals surface area (Å²) in [6, 6.07) is 7.97. The van der Waals surface area contributed by atoms with Crippen LogP contribution < -0.4 is 0 Å². The summed E-state index contributed by atoms with van der Waals surface area (Å²) >= 11 is 3.50. The van der Waals surface area contributed by atoms with Crippen molar-refractivity contribution in [2.24, 2.45) is 11.8 Å². The van der Waals surface area contributed by atoms with Gasteiger partial charge in [-0.2, -0.15) is 0 Å². The molecule has 3 unspecified atom stereocenters. The molecular formula is C17H21BrO2. The predicted octanol–water partition coefficient (Wildman–Crippen LogP) is 5.45. The van der Waals surface area contributed by atoms with Crippen molar-refractivity contribution in [2.75, 3.05) is 0 Å². The van der Waals surface area contributed by atoms with Crippen LogP contribution in [0, 0.1) is 11.8 Å². The molecule has 0 bridgehead atoms. The molecule has 1 heterocycles. The van der Waals surface area contributed by atoms with E-state index < -0.39 is 6.10 Å². The van der Waals surface area contributed by atoms with E-state index in [0.717, 1.165) is 34.2 Å². The maximum absolute atomic E-state index is 10.6. The lowest BCUT2D eigenvalue weighted by atomic mass is 9.77. The molecule has 0 amide bonds. The van der Waals surface area contributed by atoms with Gasteiger partial charge >= 0.3 is 0 Å². The zero-order valence-corrected chi connectivity index (χ0v) is 13.4. The van der Waals surface area contributed by atoms with Crippen LogP contribution in [0.2, 0.25) is 0 Å². The van der Waals surface area contributed by atoms with Crippen LogP contribution in [-0.2, 0) is 0 Å². The zero-order chi connectivity index (χ0) is 14.1. The van der Waals surface area contributed by atoms with Crippen LogP contribution in [-0.4, -0.2) is 5.11 Å². The number of para-hydroxylation sites is 1. The largest absolute Gasteiger partial charge is 0.457 e. The van der Waals surface area contributed by atoms with E-state index in [-0.39, 0.29) is 0 Å². The van der Waals surface area contributed by atoms with Gasteiger partial charge in [-0.25, -0.2) is 0 Å². The first-order chi connectivity index (χ1) is 9.69. The van der Waals surface area contributed by atoms with Gasteiger partial charge in [0.25, 0.3) is 0 Å². The number of halogens is 1. The Hall–Kier alpha value is -0.800. The summed E-state index contributed by atoms with van der Waals surface area (Å²) in [4.78, 5) is 0. The number of aliphatic hydroxyl groups excluding tert-OH is 1. The molecule has 0 radical (unpaired) electrons. The molecule has 1 aliphatic rings. The Bertz CT molecular complexity index is 590. The molecule has 3 atom stereocenters. The number of rotatable bonds is 3. The summed E-state index contributed by atoms with van der Waals surface area (Å²) in [5.41, 5.74) is 0.837. The molecule has 0 saturated heterocycles. The van der Waals surface area contributed by atoms with Crippen molar-refractivity contribution in [3.8, 4) is 0 Å². The van der Waals surface area contributed by atoms with Gasteiger partial charge in [-0.15, -0.1) is 0 Å². The lowest BCUT2D eigenvalue weighted by Crippen LogP contribution is -2.21. The van der Waals surface area contributed by atoms with Crippen molar-refractivity contribution >= 4 is 26.9 Å². The van der Waals surface area contributed by atoms with E-state index in [2.05, 4.69) is 22.9 Å². The SMILES string of the molecule is CCC1CCCC(C(O)c2cc3cccc(Br)c3o2)C1. The van der Waals surface area contributed by atoms with Crippen molar-refractivity contribution < 1.29 is 9.52 Å². The van der Waals surface area contributed by atoms with E-state index in [0.29, 0.717) is 11.7 Å². The van der Waals surface area contributed by atoms with Gasteiger partial charge in [-0.1, -0.05) is 38.3 Å². The quantitative estimate of drug-likeness (QED) is 0.808. The van der Waals surface area contributed by atoms with Crippen molar-refractivity contribution in [3.05, 3.63) is 34.5 Å². The van der Waals surface area contributed by atoms with Gasteiger partial charge in [0.2, 0.25) is 0 Å². The molecule has 0 spiro atoms. The number of benzene rings is 1. The van der Waals surface area contributed by atoms with Crippen molar-refractivity contribution in [2.45, 2.75) is 45.1 Å². The highest BCUT2D eigenvalue weighted by Gasteiger charge is 2.29. The third-order valence-corrected chi connectivity index (χ3v) is 5.28. The Morgan fingerprint density at radius 1 is 1.40 bits per heavy atom. The third kappa shape index (κ3) is 2.66. The molecule has 1 N–H and O–H groups in total. The fourth-order valence-corrected chi connectivity index (χ4v) is 3.88. The summed E-state index contributed by atoms with van der Waals surface area (Å²) in [6.07, 6.45) is 5.51. The second-order valence-corrected chi connectivity index (χ2v) is 6.81. The summed E-state index contributed by atoms with van der Waals surface area (Å²) in [5, 5.41) is 11.7. The fourth-order valence-electron chi connectivity index (χ4n) is 3.42. The molecule has 2 nitrogen and oxygen atoms in total. The minimum atomic E-state index is -0.469. The molecule has 20 heavy (non-hydrogen) atoms. The average Bonchev–Trinajstić information content (AvgIpc) is 2.92. The van der Waals surface area contributed by atoms with E-state index in [4.69, 9.17) is 4.42 Å². The molecule has 2 aromatic rings. The molecule has 1 aromatic heterocycles. The fraction of sp³-hybridized carbons (Fsp3) is 0.529. The monoisotopic (exact) mass is 336 g/mol. The standard InChI is InChI=1S/C17H21BrO2/c1-2-11-5-3-6-12(9-11)16(19)15-10-13-7-4-8-14(18)17(13)20-15/h4,7-8,10-12,16,19H,2-3,5-6,9H2,1H3. The molecule has 108 valence electrons. The van der Waals surface area contributed by atoms with E-state index in [9.17, 15) is 5.11 Å². The number of fused-ring (bicyclic) bond motifs is 1. The van der Waals surface area contributed by atoms with Crippen molar-refractivity contribution in [1.29, 1.82) is 0 Å². The highest BCUT2D eigenvalue weighted by atomic mass is 79.9. The van der Waals surface area contributed by atoms with Gasteiger partial charge < -0.3 is 9.52 Å².